The van der Waals surface area contributed by atoms with Crippen LogP contribution in [0.1, 0.15) is 38.0 Å². The van der Waals surface area contributed by atoms with E-state index in [0.29, 0.717) is 0 Å². The molecule has 1 aromatic rings. The van der Waals surface area contributed by atoms with Gasteiger partial charge in [-0.3, -0.25) is 0 Å². The first-order chi connectivity index (χ1) is 6.92. The molecule has 0 saturated heterocycles. The molecule has 1 atom stereocenters. The van der Waals surface area contributed by atoms with Crippen molar-refractivity contribution in [1.29, 1.82) is 0 Å². The van der Waals surface area contributed by atoms with Gasteiger partial charge in [-0.25, -0.2) is 0 Å². The maximum atomic E-state index is 5.99. The molecule has 0 fully saturated rings. The minimum atomic E-state index is -0.158. The Labute approximate surface area is 92.4 Å². The van der Waals surface area contributed by atoms with Gasteiger partial charge in [-0.05, 0) is 38.3 Å². The lowest BCUT2D eigenvalue weighted by Gasteiger charge is -2.19. The van der Waals surface area contributed by atoms with Gasteiger partial charge in [-0.1, -0.05) is 24.3 Å². The molecule has 0 radical (unpaired) electrons. The SMILES string of the molecule is COC(C)c1cccc(CC(C)(C)N)c1. The van der Waals surface area contributed by atoms with Crippen LogP contribution in [0.4, 0.5) is 0 Å². The fourth-order valence-corrected chi connectivity index (χ4v) is 1.62. The summed E-state index contributed by atoms with van der Waals surface area (Å²) in [5.41, 5.74) is 8.31. The predicted octanol–water partition coefficient (Wildman–Crippen LogP) is 2.67. The van der Waals surface area contributed by atoms with E-state index in [9.17, 15) is 0 Å². The van der Waals surface area contributed by atoms with Crippen LogP contribution in [0.25, 0.3) is 0 Å². The molecule has 0 aliphatic rings. The number of hydrogen-bond donors (Lipinski definition) is 1. The van der Waals surface area contributed by atoms with Gasteiger partial charge in [0.25, 0.3) is 0 Å². The van der Waals surface area contributed by atoms with Crippen LogP contribution in [0.2, 0.25) is 0 Å². The summed E-state index contributed by atoms with van der Waals surface area (Å²) < 4.78 is 5.29. The van der Waals surface area contributed by atoms with E-state index in [1.807, 2.05) is 20.8 Å². The van der Waals surface area contributed by atoms with E-state index in [1.165, 1.54) is 11.1 Å². The van der Waals surface area contributed by atoms with Gasteiger partial charge in [0.1, 0.15) is 0 Å². The van der Waals surface area contributed by atoms with Crippen molar-refractivity contribution in [2.75, 3.05) is 7.11 Å². The van der Waals surface area contributed by atoms with Crippen molar-refractivity contribution < 1.29 is 4.74 Å². The Kier molecular flexibility index (Phi) is 3.89. The van der Waals surface area contributed by atoms with Crippen LogP contribution < -0.4 is 5.73 Å². The summed E-state index contributed by atoms with van der Waals surface area (Å²) in [6.07, 6.45) is 1.03. The zero-order valence-corrected chi connectivity index (χ0v) is 10.1. The molecule has 0 aliphatic heterocycles. The molecule has 2 heteroatoms. The molecular formula is C13H21NO. The Hall–Kier alpha value is -0.860. The smallest absolute Gasteiger partial charge is 0.0793 e. The highest BCUT2D eigenvalue weighted by Gasteiger charge is 2.12. The molecule has 0 spiro atoms. The molecule has 1 unspecified atom stereocenters. The maximum absolute atomic E-state index is 5.99. The fraction of sp³-hybridized carbons (Fsp3) is 0.538. The monoisotopic (exact) mass is 207 g/mol. The third-order valence-corrected chi connectivity index (χ3v) is 2.43. The third-order valence-electron chi connectivity index (χ3n) is 2.43. The van der Waals surface area contributed by atoms with Crippen LogP contribution in [0.15, 0.2) is 24.3 Å². The van der Waals surface area contributed by atoms with Crippen LogP contribution >= 0.6 is 0 Å². The Morgan fingerprint density at radius 2 is 2.07 bits per heavy atom. The average molecular weight is 207 g/mol. The van der Waals surface area contributed by atoms with Crippen molar-refractivity contribution in [3.8, 4) is 0 Å². The highest BCUT2D eigenvalue weighted by molar-refractivity contribution is 5.26. The van der Waals surface area contributed by atoms with E-state index in [4.69, 9.17) is 10.5 Å². The summed E-state index contributed by atoms with van der Waals surface area (Å²) in [4.78, 5) is 0. The van der Waals surface area contributed by atoms with Gasteiger partial charge in [-0.15, -0.1) is 0 Å². The molecule has 0 aromatic heterocycles. The van der Waals surface area contributed by atoms with Crippen LogP contribution in [-0.4, -0.2) is 12.6 Å². The van der Waals surface area contributed by atoms with Gasteiger partial charge in [-0.2, -0.15) is 0 Å². The quantitative estimate of drug-likeness (QED) is 0.823. The van der Waals surface area contributed by atoms with Crippen molar-refractivity contribution >= 4 is 0 Å². The molecule has 84 valence electrons. The van der Waals surface area contributed by atoms with Gasteiger partial charge in [0.2, 0.25) is 0 Å². The summed E-state index contributed by atoms with van der Waals surface area (Å²) >= 11 is 0. The van der Waals surface area contributed by atoms with Crippen LogP contribution in [-0.2, 0) is 11.2 Å². The van der Waals surface area contributed by atoms with Gasteiger partial charge in [0.05, 0.1) is 6.10 Å². The number of benzene rings is 1. The van der Waals surface area contributed by atoms with Crippen LogP contribution in [0.3, 0.4) is 0 Å². The van der Waals surface area contributed by atoms with Crippen molar-refractivity contribution in [2.24, 2.45) is 5.73 Å². The fourth-order valence-electron chi connectivity index (χ4n) is 1.62. The topological polar surface area (TPSA) is 35.2 Å². The average Bonchev–Trinajstić information content (AvgIpc) is 2.14. The second-order valence-electron chi connectivity index (χ2n) is 4.79. The Balaban J connectivity index is 2.83. The maximum Gasteiger partial charge on any atom is 0.0793 e. The Morgan fingerprint density at radius 3 is 2.60 bits per heavy atom. The van der Waals surface area contributed by atoms with Crippen LogP contribution in [0, 0.1) is 0 Å². The van der Waals surface area contributed by atoms with E-state index in [0.717, 1.165) is 6.42 Å². The number of rotatable bonds is 4. The summed E-state index contributed by atoms with van der Waals surface area (Å²) in [6, 6.07) is 8.43. The lowest BCUT2D eigenvalue weighted by molar-refractivity contribution is 0.119. The summed E-state index contributed by atoms with van der Waals surface area (Å²) in [6.45, 7) is 6.13. The molecule has 15 heavy (non-hydrogen) atoms. The lowest BCUT2D eigenvalue weighted by Crippen LogP contribution is -2.34. The van der Waals surface area contributed by atoms with Gasteiger partial charge < -0.3 is 10.5 Å². The van der Waals surface area contributed by atoms with Crippen molar-refractivity contribution in [3.05, 3.63) is 35.4 Å². The first kappa shape index (κ1) is 12.2. The number of ether oxygens (including phenoxy) is 1. The van der Waals surface area contributed by atoms with Crippen molar-refractivity contribution in [2.45, 2.75) is 38.8 Å². The van der Waals surface area contributed by atoms with E-state index < -0.39 is 0 Å². The summed E-state index contributed by atoms with van der Waals surface area (Å²) in [5, 5.41) is 0. The molecular weight excluding hydrogens is 186 g/mol. The van der Waals surface area contributed by atoms with E-state index in [2.05, 4.69) is 24.3 Å². The molecule has 0 bridgehead atoms. The van der Waals surface area contributed by atoms with Crippen LogP contribution in [0.5, 0.6) is 0 Å². The predicted molar refractivity (Wildman–Crippen MR) is 63.8 cm³/mol. The normalized spacial score (nSPS) is 13.9. The second-order valence-corrected chi connectivity index (χ2v) is 4.79. The highest BCUT2D eigenvalue weighted by Crippen LogP contribution is 2.19. The number of methoxy groups -OCH3 is 1. The Morgan fingerprint density at radius 1 is 1.40 bits per heavy atom. The van der Waals surface area contributed by atoms with Gasteiger partial charge >= 0.3 is 0 Å². The summed E-state index contributed by atoms with van der Waals surface area (Å²) in [5.74, 6) is 0. The van der Waals surface area contributed by atoms with E-state index in [1.54, 1.807) is 7.11 Å². The minimum Gasteiger partial charge on any atom is -0.377 e. The second kappa shape index (κ2) is 4.77. The van der Waals surface area contributed by atoms with Crippen molar-refractivity contribution in [3.63, 3.8) is 0 Å². The minimum absolute atomic E-state index is 0.144. The molecule has 0 saturated carbocycles. The largest absolute Gasteiger partial charge is 0.377 e. The van der Waals surface area contributed by atoms with E-state index in [-0.39, 0.29) is 11.6 Å². The first-order valence-electron chi connectivity index (χ1n) is 5.33. The summed E-state index contributed by atoms with van der Waals surface area (Å²) in [7, 11) is 1.73. The third kappa shape index (κ3) is 4.02. The van der Waals surface area contributed by atoms with Gasteiger partial charge in [0.15, 0.2) is 0 Å². The molecule has 2 nitrogen and oxygen atoms in total. The molecule has 1 rings (SSSR count). The zero-order chi connectivity index (χ0) is 11.5. The van der Waals surface area contributed by atoms with Crippen molar-refractivity contribution in [1.82, 2.24) is 0 Å². The molecule has 2 N–H and O–H groups in total. The lowest BCUT2D eigenvalue weighted by atomic mass is 9.94. The molecule has 0 heterocycles. The molecule has 0 amide bonds. The Bertz CT molecular complexity index is 315. The van der Waals surface area contributed by atoms with Gasteiger partial charge in [0, 0.05) is 12.6 Å². The zero-order valence-electron chi connectivity index (χ0n) is 10.1. The first-order valence-corrected chi connectivity index (χ1v) is 5.33. The van der Waals surface area contributed by atoms with E-state index >= 15 is 0 Å². The highest BCUT2D eigenvalue weighted by atomic mass is 16.5. The number of nitrogens with two attached hydrogens (primary N) is 1. The standard InChI is InChI=1S/C13H21NO/c1-10(15-4)12-7-5-6-11(8-12)9-13(2,3)14/h5-8,10H,9,14H2,1-4H3. The molecule has 1 aromatic carbocycles. The number of hydrogen-bond acceptors (Lipinski definition) is 2. The molecule has 0 aliphatic carbocycles.